The zero-order valence-electron chi connectivity index (χ0n) is 6.14. The summed E-state index contributed by atoms with van der Waals surface area (Å²) < 4.78 is 12.8. The average molecular weight is 174 g/mol. The average Bonchev–Trinajstić information content (AvgIpc) is 1.94. The maximum Gasteiger partial charge on any atom is 0.142 e. The van der Waals surface area contributed by atoms with Crippen LogP contribution in [0.3, 0.4) is 0 Å². The van der Waals surface area contributed by atoms with E-state index in [4.69, 9.17) is 17.3 Å². The number of rotatable bonds is 1. The lowest BCUT2D eigenvalue weighted by molar-refractivity contribution is 0.623. The van der Waals surface area contributed by atoms with Crippen molar-refractivity contribution >= 4 is 11.6 Å². The molecule has 0 aliphatic rings. The van der Waals surface area contributed by atoms with Crippen LogP contribution in [0, 0.1) is 5.82 Å². The van der Waals surface area contributed by atoms with E-state index in [-0.39, 0.29) is 11.1 Å². The van der Waals surface area contributed by atoms with Crippen LogP contribution in [-0.2, 0) is 0 Å². The van der Waals surface area contributed by atoms with Crippen molar-refractivity contribution in [2.45, 2.75) is 13.0 Å². The van der Waals surface area contributed by atoms with Gasteiger partial charge in [-0.25, -0.2) is 4.39 Å². The van der Waals surface area contributed by atoms with Crippen LogP contribution in [0.25, 0.3) is 0 Å². The molecule has 0 spiro atoms. The summed E-state index contributed by atoms with van der Waals surface area (Å²) in [6.45, 7) is 1.79. The summed E-state index contributed by atoms with van der Waals surface area (Å²) in [5.74, 6) is -0.415. The van der Waals surface area contributed by atoms with Gasteiger partial charge >= 0.3 is 0 Å². The molecule has 1 aromatic rings. The second kappa shape index (κ2) is 3.20. The van der Waals surface area contributed by atoms with Gasteiger partial charge in [0.2, 0.25) is 0 Å². The summed E-state index contributed by atoms with van der Waals surface area (Å²) in [5.41, 5.74) is 6.28. The van der Waals surface area contributed by atoms with Crippen molar-refractivity contribution in [3.63, 3.8) is 0 Å². The van der Waals surface area contributed by atoms with Gasteiger partial charge in [0, 0.05) is 6.04 Å². The highest BCUT2D eigenvalue weighted by molar-refractivity contribution is 6.30. The maximum absolute atomic E-state index is 12.8. The molecule has 2 N–H and O–H groups in total. The van der Waals surface area contributed by atoms with Crippen LogP contribution in [0.1, 0.15) is 18.5 Å². The first kappa shape index (κ1) is 8.50. The van der Waals surface area contributed by atoms with Crippen LogP contribution >= 0.6 is 11.6 Å². The summed E-state index contributed by atoms with van der Waals surface area (Å²) in [7, 11) is 0. The molecule has 0 heterocycles. The SMILES string of the molecule is C[C@@H](N)c1ccc(Cl)c(F)c1. The highest BCUT2D eigenvalue weighted by Crippen LogP contribution is 2.18. The zero-order chi connectivity index (χ0) is 8.43. The molecule has 60 valence electrons. The summed E-state index contributed by atoms with van der Waals surface area (Å²) in [6, 6.07) is 4.43. The van der Waals surface area contributed by atoms with Gasteiger partial charge in [-0.2, -0.15) is 0 Å². The molecule has 0 radical (unpaired) electrons. The highest BCUT2D eigenvalue weighted by Gasteiger charge is 2.03. The lowest BCUT2D eigenvalue weighted by atomic mass is 10.1. The van der Waals surface area contributed by atoms with Gasteiger partial charge in [0.1, 0.15) is 5.82 Å². The van der Waals surface area contributed by atoms with Gasteiger partial charge in [0.15, 0.2) is 0 Å². The Morgan fingerprint density at radius 1 is 1.55 bits per heavy atom. The molecule has 11 heavy (non-hydrogen) atoms. The molecule has 0 amide bonds. The van der Waals surface area contributed by atoms with E-state index in [1.54, 1.807) is 13.0 Å². The third kappa shape index (κ3) is 1.91. The first-order chi connectivity index (χ1) is 5.11. The number of benzene rings is 1. The van der Waals surface area contributed by atoms with E-state index in [1.165, 1.54) is 12.1 Å². The van der Waals surface area contributed by atoms with Gasteiger partial charge in [0.25, 0.3) is 0 Å². The standard InChI is InChI=1S/C8H9ClFN/c1-5(11)6-2-3-7(9)8(10)4-6/h2-5H,11H2,1H3/t5-/m1/s1. The minimum absolute atomic E-state index is 0.134. The van der Waals surface area contributed by atoms with Crippen LogP contribution in [0.15, 0.2) is 18.2 Å². The van der Waals surface area contributed by atoms with Gasteiger partial charge < -0.3 is 5.73 Å². The summed E-state index contributed by atoms with van der Waals surface area (Å²) in [4.78, 5) is 0. The minimum atomic E-state index is -0.415. The van der Waals surface area contributed by atoms with Gasteiger partial charge in [-0.05, 0) is 24.6 Å². The molecule has 1 nitrogen and oxygen atoms in total. The Bertz CT molecular complexity index is 260. The van der Waals surface area contributed by atoms with Crippen molar-refractivity contribution in [2.24, 2.45) is 5.73 Å². The first-order valence-electron chi connectivity index (χ1n) is 3.32. The van der Waals surface area contributed by atoms with Gasteiger partial charge in [0.05, 0.1) is 5.02 Å². The Morgan fingerprint density at radius 2 is 2.18 bits per heavy atom. The lowest BCUT2D eigenvalue weighted by Gasteiger charge is -2.04. The molecule has 0 saturated carbocycles. The third-order valence-electron chi connectivity index (χ3n) is 1.47. The quantitative estimate of drug-likeness (QED) is 0.694. The summed E-state index contributed by atoms with van der Waals surface area (Å²) in [6.07, 6.45) is 0. The Labute approximate surface area is 70.0 Å². The number of hydrogen-bond donors (Lipinski definition) is 1. The van der Waals surface area contributed by atoms with Gasteiger partial charge in [-0.3, -0.25) is 0 Å². The van der Waals surface area contributed by atoms with E-state index in [1.807, 2.05) is 0 Å². The van der Waals surface area contributed by atoms with Crippen molar-refractivity contribution in [2.75, 3.05) is 0 Å². The normalized spacial score (nSPS) is 13.1. The monoisotopic (exact) mass is 173 g/mol. The Kier molecular flexibility index (Phi) is 2.47. The molecule has 0 aliphatic carbocycles. The molecule has 0 unspecified atom stereocenters. The maximum atomic E-state index is 12.8. The predicted octanol–water partition coefficient (Wildman–Crippen LogP) is 2.50. The van der Waals surface area contributed by atoms with Crippen molar-refractivity contribution in [3.8, 4) is 0 Å². The van der Waals surface area contributed by atoms with Crippen molar-refractivity contribution in [3.05, 3.63) is 34.6 Å². The fourth-order valence-electron chi connectivity index (χ4n) is 0.796. The Hall–Kier alpha value is -0.600. The van der Waals surface area contributed by atoms with E-state index < -0.39 is 5.82 Å². The van der Waals surface area contributed by atoms with Gasteiger partial charge in [-0.1, -0.05) is 17.7 Å². The van der Waals surface area contributed by atoms with Crippen LogP contribution < -0.4 is 5.73 Å². The molecule has 3 heteroatoms. The lowest BCUT2D eigenvalue weighted by Crippen LogP contribution is -2.04. The van der Waals surface area contributed by atoms with Crippen LogP contribution in [0.2, 0.25) is 5.02 Å². The number of halogens is 2. The molecular formula is C8H9ClFN. The number of nitrogens with two attached hydrogens (primary N) is 1. The molecule has 0 fully saturated rings. The molecule has 0 saturated heterocycles. The molecule has 1 rings (SSSR count). The molecule has 0 aromatic heterocycles. The van der Waals surface area contributed by atoms with E-state index in [0.717, 1.165) is 5.56 Å². The highest BCUT2D eigenvalue weighted by atomic mass is 35.5. The van der Waals surface area contributed by atoms with Gasteiger partial charge in [-0.15, -0.1) is 0 Å². The predicted molar refractivity (Wildman–Crippen MR) is 44.0 cm³/mol. The summed E-state index contributed by atoms with van der Waals surface area (Å²) in [5, 5.41) is 0.134. The zero-order valence-corrected chi connectivity index (χ0v) is 6.90. The second-order valence-corrected chi connectivity index (χ2v) is 2.87. The van der Waals surface area contributed by atoms with E-state index in [0.29, 0.717) is 0 Å². The van der Waals surface area contributed by atoms with Crippen LogP contribution in [0.4, 0.5) is 4.39 Å². The second-order valence-electron chi connectivity index (χ2n) is 2.46. The molecule has 0 aliphatic heterocycles. The Morgan fingerprint density at radius 3 is 2.64 bits per heavy atom. The fraction of sp³-hybridized carbons (Fsp3) is 0.250. The van der Waals surface area contributed by atoms with E-state index in [2.05, 4.69) is 0 Å². The molecular weight excluding hydrogens is 165 g/mol. The molecule has 1 atom stereocenters. The Balaban J connectivity index is 3.05. The molecule has 1 aromatic carbocycles. The minimum Gasteiger partial charge on any atom is -0.324 e. The fourth-order valence-corrected chi connectivity index (χ4v) is 0.913. The topological polar surface area (TPSA) is 26.0 Å². The van der Waals surface area contributed by atoms with Crippen molar-refractivity contribution in [1.82, 2.24) is 0 Å². The van der Waals surface area contributed by atoms with E-state index in [9.17, 15) is 4.39 Å². The summed E-state index contributed by atoms with van der Waals surface area (Å²) >= 11 is 5.47. The smallest absolute Gasteiger partial charge is 0.142 e. The van der Waals surface area contributed by atoms with Crippen molar-refractivity contribution < 1.29 is 4.39 Å². The van der Waals surface area contributed by atoms with Crippen LogP contribution in [0.5, 0.6) is 0 Å². The third-order valence-corrected chi connectivity index (χ3v) is 1.78. The largest absolute Gasteiger partial charge is 0.324 e. The first-order valence-corrected chi connectivity index (χ1v) is 3.69. The number of hydrogen-bond acceptors (Lipinski definition) is 1. The van der Waals surface area contributed by atoms with Crippen molar-refractivity contribution in [1.29, 1.82) is 0 Å². The van der Waals surface area contributed by atoms with Crippen LogP contribution in [-0.4, -0.2) is 0 Å². The van der Waals surface area contributed by atoms with E-state index >= 15 is 0 Å². The molecule has 0 bridgehead atoms.